The predicted octanol–water partition coefficient (Wildman–Crippen LogP) is 2.53. The van der Waals surface area contributed by atoms with Gasteiger partial charge in [-0.25, -0.2) is 9.97 Å². The number of aromatic nitrogens is 4. The summed E-state index contributed by atoms with van der Waals surface area (Å²) >= 11 is 0. The molecule has 0 fully saturated rings. The maximum absolute atomic E-state index is 11.5. The van der Waals surface area contributed by atoms with E-state index in [1.54, 1.807) is 12.4 Å². The number of carbonyl (C=O) groups excluding carboxylic acids is 1. The smallest absolute Gasteiger partial charge is 0.180 e. The highest BCUT2D eigenvalue weighted by molar-refractivity contribution is 6.05. The Balaban J connectivity index is 2.17. The number of benzene rings is 1. The molecule has 0 saturated carbocycles. The first-order valence-electron chi connectivity index (χ1n) is 5.93. The van der Waals surface area contributed by atoms with Crippen molar-refractivity contribution in [2.24, 2.45) is 0 Å². The topological polar surface area (TPSA) is 71.5 Å². The van der Waals surface area contributed by atoms with E-state index in [9.17, 15) is 4.79 Å². The number of carbonyl (C=O) groups is 1. The van der Waals surface area contributed by atoms with Gasteiger partial charge in [0.25, 0.3) is 0 Å². The largest absolute Gasteiger partial charge is 0.293 e. The minimum Gasteiger partial charge on any atom is -0.293 e. The van der Waals surface area contributed by atoms with Crippen molar-refractivity contribution in [1.82, 2.24) is 20.2 Å². The second-order valence-corrected chi connectivity index (χ2v) is 4.41. The molecule has 0 aliphatic heterocycles. The fourth-order valence-electron chi connectivity index (χ4n) is 2.00. The highest BCUT2D eigenvalue weighted by atomic mass is 16.1. The van der Waals surface area contributed by atoms with Gasteiger partial charge in [0.05, 0.1) is 5.52 Å². The Kier molecular flexibility index (Phi) is 2.59. The summed E-state index contributed by atoms with van der Waals surface area (Å²) in [6.07, 6.45) is 3.55. The summed E-state index contributed by atoms with van der Waals surface area (Å²) in [5, 5.41) is 7.72. The molecule has 94 valence electrons. The SMILES string of the molecule is CC(=O)c1n[nH]c2ccc(-c3cnc(C)nc3)cc12. The molecule has 0 unspecified atom stereocenters. The van der Waals surface area contributed by atoms with E-state index in [-0.39, 0.29) is 5.78 Å². The number of aromatic amines is 1. The van der Waals surface area contributed by atoms with Crippen LogP contribution in [0.4, 0.5) is 0 Å². The molecule has 3 aromatic rings. The van der Waals surface area contributed by atoms with E-state index in [1.165, 1.54) is 6.92 Å². The van der Waals surface area contributed by atoms with Gasteiger partial charge in [-0.05, 0) is 24.6 Å². The molecule has 0 amide bonds. The third-order valence-corrected chi connectivity index (χ3v) is 3.01. The van der Waals surface area contributed by atoms with Crippen molar-refractivity contribution in [2.45, 2.75) is 13.8 Å². The average Bonchev–Trinajstić information content (AvgIpc) is 2.82. The van der Waals surface area contributed by atoms with Gasteiger partial charge >= 0.3 is 0 Å². The molecule has 1 N–H and O–H groups in total. The lowest BCUT2D eigenvalue weighted by atomic mass is 10.0. The van der Waals surface area contributed by atoms with Gasteiger partial charge in [-0.1, -0.05) is 6.07 Å². The first-order chi connectivity index (χ1) is 9.15. The first kappa shape index (κ1) is 11.5. The minimum absolute atomic E-state index is 0.0523. The number of rotatable bonds is 2. The molecule has 5 nitrogen and oxygen atoms in total. The summed E-state index contributed by atoms with van der Waals surface area (Å²) in [6, 6.07) is 5.80. The van der Waals surface area contributed by atoms with E-state index < -0.39 is 0 Å². The van der Waals surface area contributed by atoms with Crippen LogP contribution in [0.5, 0.6) is 0 Å². The number of fused-ring (bicyclic) bond motifs is 1. The molecule has 3 rings (SSSR count). The van der Waals surface area contributed by atoms with Crippen molar-refractivity contribution in [3.8, 4) is 11.1 Å². The van der Waals surface area contributed by atoms with E-state index in [1.807, 2.05) is 25.1 Å². The van der Waals surface area contributed by atoms with Crippen LogP contribution in [0, 0.1) is 6.92 Å². The lowest BCUT2D eigenvalue weighted by Crippen LogP contribution is -1.92. The summed E-state index contributed by atoms with van der Waals surface area (Å²) < 4.78 is 0. The standard InChI is InChI=1S/C14H12N4O/c1-8(19)14-12-5-10(3-4-13(12)17-18-14)11-6-15-9(2)16-7-11/h3-7H,1-2H3,(H,17,18). The highest BCUT2D eigenvalue weighted by Crippen LogP contribution is 2.24. The van der Waals surface area contributed by atoms with Crippen LogP contribution >= 0.6 is 0 Å². The number of hydrogen-bond donors (Lipinski definition) is 1. The number of H-pyrrole nitrogens is 1. The molecular weight excluding hydrogens is 240 g/mol. The van der Waals surface area contributed by atoms with E-state index in [0.29, 0.717) is 5.69 Å². The van der Waals surface area contributed by atoms with Crippen molar-refractivity contribution in [3.63, 3.8) is 0 Å². The van der Waals surface area contributed by atoms with Crippen LogP contribution in [0.2, 0.25) is 0 Å². The summed E-state index contributed by atoms with van der Waals surface area (Å²) in [7, 11) is 0. The average molecular weight is 252 g/mol. The van der Waals surface area contributed by atoms with E-state index >= 15 is 0 Å². The van der Waals surface area contributed by atoms with Crippen LogP contribution in [0.15, 0.2) is 30.6 Å². The van der Waals surface area contributed by atoms with E-state index in [4.69, 9.17) is 0 Å². The van der Waals surface area contributed by atoms with Gasteiger partial charge in [0.2, 0.25) is 0 Å². The van der Waals surface area contributed by atoms with Gasteiger partial charge < -0.3 is 0 Å². The van der Waals surface area contributed by atoms with Crippen LogP contribution < -0.4 is 0 Å². The molecule has 0 aliphatic carbocycles. The summed E-state index contributed by atoms with van der Waals surface area (Å²) in [5.74, 6) is 0.682. The first-order valence-corrected chi connectivity index (χ1v) is 5.93. The van der Waals surface area contributed by atoms with Gasteiger partial charge in [0.1, 0.15) is 11.5 Å². The van der Waals surface area contributed by atoms with Crippen LogP contribution in [0.25, 0.3) is 22.0 Å². The Hall–Kier alpha value is -2.56. The van der Waals surface area contributed by atoms with Crippen LogP contribution in [-0.2, 0) is 0 Å². The Morgan fingerprint density at radius 1 is 1.16 bits per heavy atom. The lowest BCUT2D eigenvalue weighted by Gasteiger charge is -2.01. The molecule has 2 aromatic heterocycles. The van der Waals surface area contributed by atoms with Crippen LogP contribution in [-0.4, -0.2) is 25.9 Å². The molecule has 5 heteroatoms. The maximum Gasteiger partial charge on any atom is 0.180 e. The molecule has 0 spiro atoms. The summed E-state index contributed by atoms with van der Waals surface area (Å²) in [5.41, 5.74) is 3.20. The summed E-state index contributed by atoms with van der Waals surface area (Å²) in [4.78, 5) is 19.9. The minimum atomic E-state index is -0.0523. The van der Waals surface area contributed by atoms with Crippen LogP contribution in [0.3, 0.4) is 0 Å². The molecule has 0 bridgehead atoms. The molecule has 2 heterocycles. The number of aryl methyl sites for hydroxylation is 1. The molecule has 1 aromatic carbocycles. The van der Waals surface area contributed by atoms with Crippen molar-refractivity contribution in [3.05, 3.63) is 42.1 Å². The second kappa shape index (κ2) is 4.28. The fourth-order valence-corrected chi connectivity index (χ4v) is 2.00. The van der Waals surface area contributed by atoms with E-state index in [0.717, 1.165) is 27.9 Å². The Morgan fingerprint density at radius 2 is 1.89 bits per heavy atom. The molecule has 0 aliphatic rings. The number of nitrogens with zero attached hydrogens (tertiary/aromatic N) is 3. The number of nitrogens with one attached hydrogen (secondary N) is 1. The molecule has 0 saturated heterocycles. The third-order valence-electron chi connectivity index (χ3n) is 3.01. The predicted molar refractivity (Wildman–Crippen MR) is 71.9 cm³/mol. The zero-order chi connectivity index (χ0) is 13.4. The van der Waals surface area contributed by atoms with Crippen LogP contribution in [0.1, 0.15) is 23.2 Å². The molecular formula is C14H12N4O. The summed E-state index contributed by atoms with van der Waals surface area (Å²) in [6.45, 7) is 3.36. The van der Waals surface area contributed by atoms with Gasteiger partial charge in [0, 0.05) is 30.3 Å². The van der Waals surface area contributed by atoms with Gasteiger partial charge in [-0.3, -0.25) is 9.89 Å². The Morgan fingerprint density at radius 3 is 2.58 bits per heavy atom. The van der Waals surface area contributed by atoms with Gasteiger partial charge in [-0.2, -0.15) is 5.10 Å². The fraction of sp³-hybridized carbons (Fsp3) is 0.143. The Bertz CT molecular complexity index is 759. The van der Waals surface area contributed by atoms with Crippen molar-refractivity contribution in [2.75, 3.05) is 0 Å². The monoisotopic (exact) mass is 252 g/mol. The number of Topliss-reactive ketones (excluding diaryl/α,β-unsaturated/α-hetero) is 1. The van der Waals surface area contributed by atoms with Crippen molar-refractivity contribution < 1.29 is 4.79 Å². The maximum atomic E-state index is 11.5. The third kappa shape index (κ3) is 1.99. The normalized spacial score (nSPS) is 10.8. The van der Waals surface area contributed by atoms with Gasteiger partial charge in [0.15, 0.2) is 5.78 Å². The van der Waals surface area contributed by atoms with Crippen molar-refractivity contribution >= 4 is 16.7 Å². The molecule has 0 radical (unpaired) electrons. The second-order valence-electron chi connectivity index (χ2n) is 4.41. The zero-order valence-corrected chi connectivity index (χ0v) is 10.6. The highest BCUT2D eigenvalue weighted by Gasteiger charge is 2.11. The van der Waals surface area contributed by atoms with Gasteiger partial charge in [-0.15, -0.1) is 0 Å². The van der Waals surface area contributed by atoms with E-state index in [2.05, 4.69) is 20.2 Å². The number of hydrogen-bond acceptors (Lipinski definition) is 4. The Labute approximate surface area is 109 Å². The quantitative estimate of drug-likeness (QED) is 0.711. The molecule has 19 heavy (non-hydrogen) atoms. The van der Waals surface area contributed by atoms with Crippen molar-refractivity contribution in [1.29, 1.82) is 0 Å². The zero-order valence-electron chi connectivity index (χ0n) is 10.6. The lowest BCUT2D eigenvalue weighted by molar-refractivity contribution is 0.101. The number of ketones is 1. The molecule has 0 atom stereocenters.